The lowest BCUT2D eigenvalue weighted by atomic mass is 10.0. The van der Waals surface area contributed by atoms with Crippen LogP contribution in [0.4, 0.5) is 5.13 Å². The summed E-state index contributed by atoms with van der Waals surface area (Å²) in [4.78, 5) is 23.6. The van der Waals surface area contributed by atoms with Crippen molar-refractivity contribution in [2.75, 3.05) is 50.9 Å². The summed E-state index contributed by atoms with van der Waals surface area (Å²) in [6.07, 6.45) is 0.856. The van der Waals surface area contributed by atoms with E-state index in [-0.39, 0.29) is 5.91 Å². The maximum absolute atomic E-state index is 14.4. The van der Waals surface area contributed by atoms with E-state index in [1.807, 2.05) is 48.2 Å². The van der Waals surface area contributed by atoms with Crippen LogP contribution in [-0.2, 0) is 4.74 Å². The average Bonchev–Trinajstić information content (AvgIpc) is 3.36. The lowest BCUT2D eigenvalue weighted by molar-refractivity contribution is 0.0376. The van der Waals surface area contributed by atoms with Gasteiger partial charge in [0.05, 0.1) is 35.6 Å². The summed E-state index contributed by atoms with van der Waals surface area (Å²) in [7, 11) is 0. The van der Waals surface area contributed by atoms with Crippen LogP contribution in [0.5, 0.6) is 5.75 Å². The molecule has 6 nitrogen and oxygen atoms in total. The summed E-state index contributed by atoms with van der Waals surface area (Å²) < 4.78 is 12.6. The van der Waals surface area contributed by atoms with Crippen molar-refractivity contribution >= 4 is 43.4 Å². The van der Waals surface area contributed by atoms with E-state index in [1.54, 1.807) is 11.3 Å². The van der Waals surface area contributed by atoms with Gasteiger partial charge in [0, 0.05) is 26.2 Å². The number of anilines is 1. The number of rotatable bonds is 8. The summed E-state index contributed by atoms with van der Waals surface area (Å²) >= 11 is 1.60. The Morgan fingerprint density at radius 3 is 2.64 bits per heavy atom. The number of aromatic nitrogens is 1. The molecule has 1 aliphatic heterocycles. The van der Waals surface area contributed by atoms with Gasteiger partial charge in [-0.1, -0.05) is 53.8 Å². The standard InChI is InChI=1S/C29H33N3O3S/c1-4-35-24-13-12-22-8-5-6-9-23(22)25(24)28(33)32(15-7-14-31-16-18-34-19-17-31)29-30-26-20(2)10-11-21(3)27(26)36-29/h5-6,8-13H,4,7,14-19H2,1-3H3. The zero-order valence-corrected chi connectivity index (χ0v) is 22.1. The van der Waals surface area contributed by atoms with Gasteiger partial charge in [0.25, 0.3) is 5.91 Å². The van der Waals surface area contributed by atoms with E-state index < -0.39 is 0 Å². The molecule has 36 heavy (non-hydrogen) atoms. The molecule has 0 radical (unpaired) electrons. The minimum atomic E-state index is -0.0633. The van der Waals surface area contributed by atoms with Gasteiger partial charge in [-0.15, -0.1) is 0 Å². The normalized spacial score (nSPS) is 14.4. The molecule has 3 aromatic carbocycles. The SMILES string of the molecule is CCOc1ccc2ccccc2c1C(=O)N(CCCN1CCOCC1)c1nc2c(C)ccc(C)c2s1. The summed E-state index contributed by atoms with van der Waals surface area (Å²) in [6.45, 7) is 11.5. The molecule has 1 fully saturated rings. The Morgan fingerprint density at radius 2 is 1.86 bits per heavy atom. The summed E-state index contributed by atoms with van der Waals surface area (Å²) in [6, 6.07) is 16.2. The second-order valence-corrected chi connectivity index (χ2v) is 10.2. The zero-order chi connectivity index (χ0) is 25.1. The first-order valence-electron chi connectivity index (χ1n) is 12.7. The predicted octanol–water partition coefficient (Wildman–Crippen LogP) is 5.83. The van der Waals surface area contributed by atoms with Crippen LogP contribution in [0.3, 0.4) is 0 Å². The molecule has 7 heteroatoms. The Bertz CT molecular complexity index is 1340. The van der Waals surface area contributed by atoms with Crippen molar-refractivity contribution in [2.24, 2.45) is 0 Å². The van der Waals surface area contributed by atoms with Gasteiger partial charge < -0.3 is 9.47 Å². The van der Waals surface area contributed by atoms with Gasteiger partial charge in [-0.3, -0.25) is 14.6 Å². The molecule has 0 bridgehead atoms. The van der Waals surface area contributed by atoms with Crippen LogP contribution >= 0.6 is 11.3 Å². The molecule has 4 aromatic rings. The molecular formula is C29H33N3O3S. The second kappa shape index (κ2) is 10.9. The van der Waals surface area contributed by atoms with E-state index in [0.717, 1.165) is 71.0 Å². The highest BCUT2D eigenvalue weighted by Crippen LogP contribution is 2.36. The maximum atomic E-state index is 14.4. The number of amides is 1. The number of fused-ring (bicyclic) bond motifs is 2. The molecule has 0 aliphatic carbocycles. The van der Waals surface area contributed by atoms with Crippen molar-refractivity contribution in [1.29, 1.82) is 0 Å². The van der Waals surface area contributed by atoms with Gasteiger partial charge in [0.1, 0.15) is 5.75 Å². The van der Waals surface area contributed by atoms with E-state index in [0.29, 0.717) is 24.5 Å². The number of thiazole rings is 1. The maximum Gasteiger partial charge on any atom is 0.264 e. The van der Waals surface area contributed by atoms with Crippen molar-refractivity contribution in [1.82, 2.24) is 9.88 Å². The number of nitrogens with zero attached hydrogens (tertiary/aromatic N) is 3. The van der Waals surface area contributed by atoms with Gasteiger partial charge in [0.15, 0.2) is 5.13 Å². The van der Waals surface area contributed by atoms with Crippen molar-refractivity contribution < 1.29 is 14.3 Å². The fourth-order valence-electron chi connectivity index (χ4n) is 4.81. The quantitative estimate of drug-likeness (QED) is 0.303. The highest BCUT2D eigenvalue weighted by atomic mass is 32.1. The fourth-order valence-corrected chi connectivity index (χ4v) is 5.94. The zero-order valence-electron chi connectivity index (χ0n) is 21.3. The fraction of sp³-hybridized carbons (Fsp3) is 0.379. The molecule has 0 saturated carbocycles. The first-order valence-corrected chi connectivity index (χ1v) is 13.5. The molecule has 0 N–H and O–H groups in total. The Kier molecular flexibility index (Phi) is 7.51. The third-order valence-electron chi connectivity index (χ3n) is 6.77. The van der Waals surface area contributed by atoms with Crippen LogP contribution in [0.1, 0.15) is 34.8 Å². The summed E-state index contributed by atoms with van der Waals surface area (Å²) in [5.74, 6) is 0.555. The smallest absolute Gasteiger partial charge is 0.264 e. The molecule has 0 atom stereocenters. The third-order valence-corrected chi connectivity index (χ3v) is 7.98. The van der Waals surface area contributed by atoms with E-state index in [1.165, 1.54) is 5.56 Å². The number of morpholine rings is 1. The average molecular weight is 504 g/mol. The topological polar surface area (TPSA) is 54.9 Å². The van der Waals surface area contributed by atoms with Crippen LogP contribution < -0.4 is 9.64 Å². The molecule has 0 unspecified atom stereocenters. The molecular weight excluding hydrogens is 470 g/mol. The van der Waals surface area contributed by atoms with E-state index in [4.69, 9.17) is 14.5 Å². The molecule has 1 saturated heterocycles. The van der Waals surface area contributed by atoms with Gasteiger partial charge in [0.2, 0.25) is 0 Å². The summed E-state index contributed by atoms with van der Waals surface area (Å²) in [5, 5.41) is 2.67. The molecule has 2 heterocycles. The molecule has 5 rings (SSSR count). The van der Waals surface area contributed by atoms with Gasteiger partial charge in [-0.2, -0.15) is 0 Å². The number of aryl methyl sites for hydroxylation is 2. The van der Waals surface area contributed by atoms with Gasteiger partial charge >= 0.3 is 0 Å². The van der Waals surface area contributed by atoms with Crippen LogP contribution in [-0.4, -0.2) is 61.8 Å². The van der Waals surface area contributed by atoms with Crippen molar-refractivity contribution in [3.8, 4) is 5.75 Å². The largest absolute Gasteiger partial charge is 0.493 e. The first-order chi connectivity index (χ1) is 17.6. The Balaban J connectivity index is 1.55. The van der Waals surface area contributed by atoms with Crippen LogP contribution in [0, 0.1) is 13.8 Å². The Hall–Kier alpha value is -3.00. The molecule has 1 aromatic heterocycles. The third kappa shape index (κ3) is 4.96. The molecule has 1 aliphatic rings. The number of hydrogen-bond donors (Lipinski definition) is 0. The van der Waals surface area contributed by atoms with E-state index in [9.17, 15) is 4.79 Å². The van der Waals surface area contributed by atoms with Crippen molar-refractivity contribution in [3.05, 3.63) is 65.2 Å². The second-order valence-electron chi connectivity index (χ2n) is 9.23. The van der Waals surface area contributed by atoms with Crippen molar-refractivity contribution in [2.45, 2.75) is 27.2 Å². The summed E-state index contributed by atoms with van der Waals surface area (Å²) in [5.41, 5.74) is 3.89. The Labute approximate surface area is 216 Å². The minimum absolute atomic E-state index is 0.0633. The van der Waals surface area contributed by atoms with Crippen LogP contribution in [0.15, 0.2) is 48.5 Å². The molecule has 0 spiro atoms. The number of benzene rings is 3. The first kappa shape index (κ1) is 24.7. The molecule has 188 valence electrons. The van der Waals surface area contributed by atoms with E-state index in [2.05, 4.69) is 30.9 Å². The van der Waals surface area contributed by atoms with Crippen LogP contribution in [0.2, 0.25) is 0 Å². The monoisotopic (exact) mass is 503 g/mol. The van der Waals surface area contributed by atoms with E-state index >= 15 is 0 Å². The minimum Gasteiger partial charge on any atom is -0.493 e. The highest BCUT2D eigenvalue weighted by Gasteiger charge is 2.27. The molecule has 1 amide bonds. The van der Waals surface area contributed by atoms with Crippen LogP contribution in [0.25, 0.3) is 21.0 Å². The predicted molar refractivity (Wildman–Crippen MR) is 148 cm³/mol. The number of carbonyl (C=O) groups excluding carboxylic acids is 1. The lowest BCUT2D eigenvalue weighted by Gasteiger charge is -2.28. The van der Waals surface area contributed by atoms with Gasteiger partial charge in [-0.25, -0.2) is 4.98 Å². The lowest BCUT2D eigenvalue weighted by Crippen LogP contribution is -2.39. The number of hydrogen-bond acceptors (Lipinski definition) is 6. The van der Waals surface area contributed by atoms with Crippen molar-refractivity contribution in [3.63, 3.8) is 0 Å². The Morgan fingerprint density at radius 1 is 1.08 bits per heavy atom. The van der Waals surface area contributed by atoms with Gasteiger partial charge in [-0.05, 0) is 55.2 Å². The number of ether oxygens (including phenoxy) is 2. The highest BCUT2D eigenvalue weighted by molar-refractivity contribution is 7.22. The number of carbonyl (C=O) groups is 1.